The largest absolute Gasteiger partial charge is 0.497 e. The number of carbonyl (C=O) groups excluding carboxylic acids is 1. The quantitative estimate of drug-likeness (QED) is 0.712. The Bertz CT molecular complexity index is 404. The van der Waals surface area contributed by atoms with Crippen LogP contribution in [0.2, 0.25) is 0 Å². The fourth-order valence-corrected chi connectivity index (χ4v) is 1.71. The van der Waals surface area contributed by atoms with Crippen molar-refractivity contribution in [1.82, 2.24) is 0 Å². The average molecular weight is 208 g/mol. The van der Waals surface area contributed by atoms with Crippen LogP contribution in [-0.2, 0) is 22.7 Å². The molecule has 0 unspecified atom stereocenters. The molecule has 0 aliphatic carbocycles. The van der Waals surface area contributed by atoms with Crippen LogP contribution in [0.3, 0.4) is 0 Å². The molecule has 3 N–H and O–H groups in total. The van der Waals surface area contributed by atoms with Gasteiger partial charge in [-0.1, -0.05) is 0 Å². The topological polar surface area (TPSA) is 73.6 Å². The molecule has 5 nitrogen and oxygen atoms in total. The molecule has 1 aliphatic heterocycles. The number of hydrogen-bond acceptors (Lipinski definition) is 4. The summed E-state index contributed by atoms with van der Waals surface area (Å²) in [6.45, 7) is 0.250. The second-order valence-corrected chi connectivity index (χ2v) is 3.36. The third kappa shape index (κ3) is 1.79. The van der Waals surface area contributed by atoms with E-state index in [0.717, 1.165) is 16.8 Å². The molecule has 15 heavy (non-hydrogen) atoms. The van der Waals surface area contributed by atoms with E-state index in [2.05, 4.69) is 10.2 Å². The standard InChI is InChI=1S/C10H12N2O3/c1-14-8-2-6-4-9(13)12-10(6)7(3-8)5-15-11/h2-3H,4-5,11H2,1H3,(H,12,13). The molecule has 1 aromatic carbocycles. The highest BCUT2D eigenvalue weighted by Gasteiger charge is 2.21. The van der Waals surface area contributed by atoms with Crippen molar-refractivity contribution in [2.24, 2.45) is 5.90 Å². The molecule has 2 rings (SSSR count). The smallest absolute Gasteiger partial charge is 0.228 e. The number of rotatable bonds is 3. The molecular formula is C10H12N2O3. The monoisotopic (exact) mass is 208 g/mol. The molecule has 1 aliphatic rings. The van der Waals surface area contributed by atoms with E-state index >= 15 is 0 Å². The second-order valence-electron chi connectivity index (χ2n) is 3.36. The van der Waals surface area contributed by atoms with Gasteiger partial charge in [-0.15, -0.1) is 0 Å². The van der Waals surface area contributed by atoms with E-state index in [1.165, 1.54) is 0 Å². The lowest BCUT2D eigenvalue weighted by Crippen LogP contribution is -2.06. The molecule has 0 radical (unpaired) electrons. The van der Waals surface area contributed by atoms with Gasteiger partial charge in [0, 0.05) is 5.56 Å². The van der Waals surface area contributed by atoms with E-state index in [1.54, 1.807) is 13.2 Å². The van der Waals surface area contributed by atoms with Gasteiger partial charge in [-0.3, -0.25) is 9.63 Å². The molecule has 1 aromatic rings. The Morgan fingerprint density at radius 1 is 1.53 bits per heavy atom. The summed E-state index contributed by atoms with van der Waals surface area (Å²) in [5.74, 6) is 5.72. The highest BCUT2D eigenvalue weighted by atomic mass is 16.6. The Morgan fingerprint density at radius 3 is 3.00 bits per heavy atom. The third-order valence-electron chi connectivity index (χ3n) is 2.37. The molecule has 0 saturated carbocycles. The van der Waals surface area contributed by atoms with Crippen molar-refractivity contribution in [3.05, 3.63) is 23.3 Å². The van der Waals surface area contributed by atoms with Crippen LogP contribution in [0.25, 0.3) is 0 Å². The first kappa shape index (κ1) is 9.95. The molecule has 1 amide bonds. The Kier molecular flexibility index (Phi) is 2.57. The summed E-state index contributed by atoms with van der Waals surface area (Å²) in [5.41, 5.74) is 2.55. The van der Waals surface area contributed by atoms with Crippen molar-refractivity contribution in [3.8, 4) is 5.75 Å². The number of benzene rings is 1. The number of ether oxygens (including phenoxy) is 1. The van der Waals surface area contributed by atoms with E-state index in [4.69, 9.17) is 10.6 Å². The first-order chi connectivity index (χ1) is 7.24. The summed E-state index contributed by atoms with van der Waals surface area (Å²) in [6, 6.07) is 3.64. The summed E-state index contributed by atoms with van der Waals surface area (Å²) < 4.78 is 5.13. The molecule has 80 valence electrons. The lowest BCUT2D eigenvalue weighted by Gasteiger charge is -2.09. The van der Waals surface area contributed by atoms with Gasteiger partial charge in [-0.05, 0) is 17.7 Å². The number of methoxy groups -OCH3 is 1. The van der Waals surface area contributed by atoms with Crippen molar-refractivity contribution < 1.29 is 14.4 Å². The predicted molar refractivity (Wildman–Crippen MR) is 54.3 cm³/mol. The second kappa shape index (κ2) is 3.88. The molecule has 1 heterocycles. The fourth-order valence-electron chi connectivity index (χ4n) is 1.71. The number of nitrogens with two attached hydrogens (primary N) is 1. The van der Waals surface area contributed by atoms with Gasteiger partial charge in [0.05, 0.1) is 25.8 Å². The first-order valence-corrected chi connectivity index (χ1v) is 4.56. The van der Waals surface area contributed by atoms with Gasteiger partial charge in [-0.25, -0.2) is 5.90 Å². The minimum atomic E-state index is -0.0171. The van der Waals surface area contributed by atoms with Crippen molar-refractivity contribution in [2.75, 3.05) is 12.4 Å². The van der Waals surface area contributed by atoms with Crippen molar-refractivity contribution in [2.45, 2.75) is 13.0 Å². The zero-order valence-corrected chi connectivity index (χ0v) is 8.37. The van der Waals surface area contributed by atoms with Crippen molar-refractivity contribution in [3.63, 3.8) is 0 Å². The van der Waals surface area contributed by atoms with E-state index in [9.17, 15) is 4.79 Å². The van der Waals surface area contributed by atoms with Crippen LogP contribution in [0.1, 0.15) is 11.1 Å². The molecule has 0 spiro atoms. The molecule has 5 heteroatoms. The summed E-state index contributed by atoms with van der Waals surface area (Å²) in [7, 11) is 1.58. The maximum absolute atomic E-state index is 11.2. The van der Waals surface area contributed by atoms with E-state index in [-0.39, 0.29) is 12.5 Å². The van der Waals surface area contributed by atoms with Crippen LogP contribution in [0.15, 0.2) is 12.1 Å². The molecular weight excluding hydrogens is 196 g/mol. The number of nitrogens with one attached hydrogen (secondary N) is 1. The van der Waals surface area contributed by atoms with Crippen LogP contribution >= 0.6 is 0 Å². The SMILES string of the molecule is COc1cc(CON)c2c(c1)CC(=O)N2. The number of hydrogen-bond donors (Lipinski definition) is 2. The molecule has 0 bridgehead atoms. The summed E-state index contributed by atoms with van der Waals surface area (Å²) in [6.07, 6.45) is 0.379. The fraction of sp³-hybridized carbons (Fsp3) is 0.300. The zero-order chi connectivity index (χ0) is 10.8. The molecule has 0 fully saturated rings. The first-order valence-electron chi connectivity index (χ1n) is 4.56. The maximum Gasteiger partial charge on any atom is 0.228 e. The van der Waals surface area contributed by atoms with Gasteiger partial charge in [0.25, 0.3) is 0 Å². The van der Waals surface area contributed by atoms with Crippen LogP contribution in [-0.4, -0.2) is 13.0 Å². The summed E-state index contributed by atoms with van der Waals surface area (Å²) in [4.78, 5) is 15.8. The number of carbonyl (C=O) groups is 1. The number of fused-ring (bicyclic) bond motifs is 1. The highest BCUT2D eigenvalue weighted by Crippen LogP contribution is 2.32. The van der Waals surface area contributed by atoms with Gasteiger partial charge in [0.2, 0.25) is 5.91 Å². The number of amides is 1. The van der Waals surface area contributed by atoms with E-state index in [1.807, 2.05) is 6.07 Å². The van der Waals surface area contributed by atoms with E-state index < -0.39 is 0 Å². The van der Waals surface area contributed by atoms with Crippen molar-refractivity contribution >= 4 is 11.6 Å². The normalized spacial score (nSPS) is 13.6. The number of anilines is 1. The predicted octanol–water partition coefficient (Wildman–Crippen LogP) is 0.580. The van der Waals surface area contributed by atoms with E-state index in [0.29, 0.717) is 12.2 Å². The zero-order valence-electron chi connectivity index (χ0n) is 8.37. The molecule has 0 atom stereocenters. The lowest BCUT2D eigenvalue weighted by atomic mass is 10.1. The van der Waals surface area contributed by atoms with Gasteiger partial charge in [0.15, 0.2) is 0 Å². The van der Waals surface area contributed by atoms with Crippen LogP contribution in [0.5, 0.6) is 5.75 Å². The molecule has 0 aromatic heterocycles. The minimum absolute atomic E-state index is 0.0171. The van der Waals surface area contributed by atoms with Gasteiger partial charge < -0.3 is 10.1 Å². The van der Waals surface area contributed by atoms with Gasteiger partial charge >= 0.3 is 0 Å². The van der Waals surface area contributed by atoms with Crippen LogP contribution < -0.4 is 16.0 Å². The van der Waals surface area contributed by atoms with Crippen LogP contribution in [0, 0.1) is 0 Å². The van der Waals surface area contributed by atoms with Gasteiger partial charge in [-0.2, -0.15) is 0 Å². The Labute approximate surface area is 87.1 Å². The van der Waals surface area contributed by atoms with Crippen LogP contribution in [0.4, 0.5) is 5.69 Å². The summed E-state index contributed by atoms with van der Waals surface area (Å²) in [5, 5.41) is 2.77. The Morgan fingerprint density at radius 2 is 2.33 bits per heavy atom. The minimum Gasteiger partial charge on any atom is -0.497 e. The highest BCUT2D eigenvalue weighted by molar-refractivity contribution is 6.00. The van der Waals surface area contributed by atoms with Gasteiger partial charge in [0.1, 0.15) is 5.75 Å². The summed E-state index contributed by atoms with van der Waals surface area (Å²) >= 11 is 0. The average Bonchev–Trinajstić information content (AvgIpc) is 2.58. The Balaban J connectivity index is 2.44. The molecule has 0 saturated heterocycles. The third-order valence-corrected chi connectivity index (χ3v) is 2.37. The maximum atomic E-state index is 11.2. The van der Waals surface area contributed by atoms with Crippen molar-refractivity contribution in [1.29, 1.82) is 0 Å². The Hall–Kier alpha value is -1.59. The lowest BCUT2D eigenvalue weighted by molar-refractivity contribution is -0.115.